The third kappa shape index (κ3) is 1.17. The van der Waals surface area contributed by atoms with E-state index in [2.05, 4.69) is 15.0 Å². The van der Waals surface area contributed by atoms with Crippen molar-refractivity contribution in [2.24, 2.45) is 5.73 Å². The number of aromatic nitrogens is 3. The van der Waals surface area contributed by atoms with Gasteiger partial charge in [0.15, 0.2) is 0 Å². The van der Waals surface area contributed by atoms with Crippen molar-refractivity contribution in [3.05, 3.63) is 11.4 Å². The minimum Gasteiger partial charge on any atom is -0.327 e. The van der Waals surface area contributed by atoms with E-state index < -0.39 is 0 Å². The maximum absolute atomic E-state index is 5.97. The largest absolute Gasteiger partial charge is 0.327 e. The minimum absolute atomic E-state index is 0.319. The molecule has 4 heteroatoms. The van der Waals surface area contributed by atoms with Gasteiger partial charge in [-0.2, -0.15) is 0 Å². The Morgan fingerprint density at radius 2 is 2.14 bits per heavy atom. The van der Waals surface area contributed by atoms with E-state index in [4.69, 9.17) is 5.73 Å². The van der Waals surface area contributed by atoms with Crippen LogP contribution in [0.25, 0.3) is 0 Å². The highest BCUT2D eigenvalue weighted by atomic mass is 15.4. The molecule has 4 nitrogen and oxygen atoms in total. The second-order valence-electron chi connectivity index (χ2n) is 4.52. The Labute approximate surface area is 83.5 Å². The smallest absolute Gasteiger partial charge is 0.0860 e. The van der Waals surface area contributed by atoms with Crippen molar-refractivity contribution < 1.29 is 0 Å². The van der Waals surface area contributed by atoms with Crippen LogP contribution in [0.2, 0.25) is 0 Å². The molecule has 1 saturated carbocycles. The van der Waals surface area contributed by atoms with Crippen LogP contribution in [0, 0.1) is 0 Å². The summed E-state index contributed by atoms with van der Waals surface area (Å²) in [5, 5.41) is 8.52. The van der Waals surface area contributed by atoms with Crippen molar-refractivity contribution in [3.63, 3.8) is 0 Å². The topological polar surface area (TPSA) is 56.7 Å². The van der Waals surface area contributed by atoms with Crippen LogP contribution in [0.3, 0.4) is 0 Å². The summed E-state index contributed by atoms with van der Waals surface area (Å²) in [4.78, 5) is 0. The van der Waals surface area contributed by atoms with Crippen molar-refractivity contribution in [1.29, 1.82) is 0 Å². The first-order valence-corrected chi connectivity index (χ1v) is 5.53. The van der Waals surface area contributed by atoms with Gasteiger partial charge >= 0.3 is 0 Å². The van der Waals surface area contributed by atoms with Crippen LogP contribution >= 0.6 is 0 Å². The second-order valence-corrected chi connectivity index (χ2v) is 4.52. The molecule has 14 heavy (non-hydrogen) atoms. The molecule has 2 N–H and O–H groups in total. The molecule has 2 aliphatic carbocycles. The van der Waals surface area contributed by atoms with Crippen molar-refractivity contribution in [3.8, 4) is 0 Å². The zero-order valence-electron chi connectivity index (χ0n) is 8.32. The summed E-state index contributed by atoms with van der Waals surface area (Å²) in [6, 6.07) is 0.941. The van der Waals surface area contributed by atoms with Gasteiger partial charge in [0.05, 0.1) is 17.4 Å². The van der Waals surface area contributed by atoms with Crippen LogP contribution < -0.4 is 5.73 Å². The van der Waals surface area contributed by atoms with Crippen molar-refractivity contribution >= 4 is 0 Å². The van der Waals surface area contributed by atoms with E-state index in [1.807, 2.05) is 0 Å². The fourth-order valence-electron chi connectivity index (χ4n) is 2.35. The van der Waals surface area contributed by atoms with Gasteiger partial charge in [-0.3, -0.25) is 0 Å². The van der Waals surface area contributed by atoms with Crippen LogP contribution in [-0.4, -0.2) is 21.0 Å². The number of fused-ring (bicyclic) bond motifs is 1. The van der Waals surface area contributed by atoms with E-state index in [9.17, 15) is 0 Å². The summed E-state index contributed by atoms with van der Waals surface area (Å²) in [6.07, 6.45) is 6.93. The molecule has 0 radical (unpaired) electrons. The molecule has 0 spiro atoms. The highest BCUT2D eigenvalue weighted by Crippen LogP contribution is 2.33. The normalized spacial score (nSPS) is 27.1. The Hall–Kier alpha value is -0.900. The first-order chi connectivity index (χ1) is 6.84. The highest BCUT2D eigenvalue weighted by molar-refractivity contribution is 5.16. The standard InChI is InChI=1S/C10H16N4/c11-7-4-5-9-10(6-7)14(13-12-9)8-2-1-3-8/h7-8H,1-6,11H2/t7-/m0/s1. The summed E-state index contributed by atoms with van der Waals surface area (Å²) in [7, 11) is 0. The minimum atomic E-state index is 0.319. The van der Waals surface area contributed by atoms with Gasteiger partial charge in [0, 0.05) is 12.5 Å². The van der Waals surface area contributed by atoms with Crippen molar-refractivity contribution in [2.45, 2.75) is 50.6 Å². The van der Waals surface area contributed by atoms with Gasteiger partial charge in [-0.15, -0.1) is 5.10 Å². The Kier molecular flexibility index (Phi) is 1.83. The number of nitrogens with two attached hydrogens (primary N) is 1. The van der Waals surface area contributed by atoms with Gasteiger partial charge < -0.3 is 5.73 Å². The zero-order chi connectivity index (χ0) is 9.54. The lowest BCUT2D eigenvalue weighted by atomic mass is 9.91. The highest BCUT2D eigenvalue weighted by Gasteiger charge is 2.28. The molecule has 0 saturated heterocycles. The van der Waals surface area contributed by atoms with Gasteiger partial charge in [0.2, 0.25) is 0 Å². The number of hydrogen-bond acceptors (Lipinski definition) is 3. The molecule has 2 aliphatic rings. The Morgan fingerprint density at radius 1 is 1.29 bits per heavy atom. The average molecular weight is 192 g/mol. The molecule has 0 aliphatic heterocycles. The fraction of sp³-hybridized carbons (Fsp3) is 0.800. The van der Waals surface area contributed by atoms with Gasteiger partial charge in [-0.1, -0.05) is 5.21 Å². The summed E-state index contributed by atoms with van der Waals surface area (Å²) in [6.45, 7) is 0. The Bertz CT molecular complexity index is 340. The lowest BCUT2D eigenvalue weighted by Gasteiger charge is -2.28. The van der Waals surface area contributed by atoms with Gasteiger partial charge in [0.25, 0.3) is 0 Å². The van der Waals surface area contributed by atoms with E-state index in [0.29, 0.717) is 12.1 Å². The maximum Gasteiger partial charge on any atom is 0.0860 e. The molecule has 1 aromatic rings. The maximum atomic E-state index is 5.97. The molecule has 1 fully saturated rings. The molecule has 1 atom stereocenters. The van der Waals surface area contributed by atoms with E-state index in [0.717, 1.165) is 19.3 Å². The molecular formula is C10H16N4. The fourth-order valence-corrected chi connectivity index (χ4v) is 2.35. The van der Waals surface area contributed by atoms with E-state index in [1.54, 1.807) is 0 Å². The first-order valence-electron chi connectivity index (χ1n) is 5.53. The lowest BCUT2D eigenvalue weighted by molar-refractivity contribution is 0.275. The number of nitrogens with zero attached hydrogens (tertiary/aromatic N) is 3. The molecule has 0 unspecified atom stereocenters. The predicted octanol–water partition coefficient (Wildman–Crippen LogP) is 0.819. The second kappa shape index (κ2) is 3.05. The van der Waals surface area contributed by atoms with Crippen LogP contribution in [0.15, 0.2) is 0 Å². The first kappa shape index (κ1) is 8.41. The van der Waals surface area contributed by atoms with Crippen molar-refractivity contribution in [2.75, 3.05) is 0 Å². The molecule has 0 aromatic carbocycles. The van der Waals surface area contributed by atoms with Crippen LogP contribution in [-0.2, 0) is 12.8 Å². The van der Waals surface area contributed by atoms with E-state index in [-0.39, 0.29) is 0 Å². The van der Waals surface area contributed by atoms with Gasteiger partial charge in [0.1, 0.15) is 0 Å². The molecule has 1 aromatic heterocycles. The van der Waals surface area contributed by atoms with Crippen LogP contribution in [0.1, 0.15) is 43.1 Å². The summed E-state index contributed by atoms with van der Waals surface area (Å²) in [5.74, 6) is 0. The monoisotopic (exact) mass is 192 g/mol. The SMILES string of the molecule is N[C@H]1CCc2nnn(C3CCC3)c2C1. The number of rotatable bonds is 1. The molecule has 0 bridgehead atoms. The van der Waals surface area contributed by atoms with Gasteiger partial charge in [-0.25, -0.2) is 4.68 Å². The summed E-state index contributed by atoms with van der Waals surface area (Å²) in [5.41, 5.74) is 8.47. The summed E-state index contributed by atoms with van der Waals surface area (Å²) >= 11 is 0. The van der Waals surface area contributed by atoms with E-state index >= 15 is 0 Å². The predicted molar refractivity (Wildman–Crippen MR) is 52.9 cm³/mol. The Morgan fingerprint density at radius 3 is 2.86 bits per heavy atom. The molecule has 1 heterocycles. The Balaban J connectivity index is 1.93. The number of aryl methyl sites for hydroxylation is 1. The number of hydrogen-bond donors (Lipinski definition) is 1. The van der Waals surface area contributed by atoms with Crippen LogP contribution in [0.5, 0.6) is 0 Å². The molecular weight excluding hydrogens is 176 g/mol. The lowest BCUT2D eigenvalue weighted by Crippen LogP contribution is -2.31. The van der Waals surface area contributed by atoms with E-state index in [1.165, 1.54) is 30.7 Å². The average Bonchev–Trinajstić information content (AvgIpc) is 2.46. The van der Waals surface area contributed by atoms with Crippen molar-refractivity contribution in [1.82, 2.24) is 15.0 Å². The zero-order valence-corrected chi connectivity index (χ0v) is 8.32. The third-order valence-corrected chi connectivity index (χ3v) is 3.50. The quantitative estimate of drug-likeness (QED) is 0.716. The van der Waals surface area contributed by atoms with Crippen LogP contribution in [0.4, 0.5) is 0 Å². The van der Waals surface area contributed by atoms with Gasteiger partial charge in [-0.05, 0) is 32.1 Å². The molecule has 0 amide bonds. The molecule has 3 rings (SSSR count). The molecule has 76 valence electrons. The third-order valence-electron chi connectivity index (χ3n) is 3.50. The summed E-state index contributed by atoms with van der Waals surface area (Å²) < 4.78 is 2.14.